The van der Waals surface area contributed by atoms with Gasteiger partial charge in [0, 0.05) is 30.0 Å². The summed E-state index contributed by atoms with van der Waals surface area (Å²) in [6, 6.07) is 16.5. The molecule has 0 aliphatic heterocycles. The Morgan fingerprint density at radius 1 is 1.12 bits per heavy atom. The van der Waals surface area contributed by atoms with Gasteiger partial charge >= 0.3 is 0 Å². The molecule has 0 unspecified atom stereocenters. The molecule has 0 atom stereocenters. The van der Waals surface area contributed by atoms with Crippen LogP contribution in [0, 0.1) is 0 Å². The van der Waals surface area contributed by atoms with Crippen molar-refractivity contribution in [3.63, 3.8) is 0 Å². The van der Waals surface area contributed by atoms with Crippen LogP contribution in [0.2, 0.25) is 0 Å². The molecule has 2 aromatic carbocycles. The summed E-state index contributed by atoms with van der Waals surface area (Å²) >= 11 is 0. The van der Waals surface area contributed by atoms with Gasteiger partial charge in [-0.15, -0.1) is 6.58 Å². The maximum absolute atomic E-state index is 12.8. The lowest BCUT2D eigenvalue weighted by Gasteiger charge is -2.21. The number of para-hydroxylation sites is 1. The predicted molar refractivity (Wildman–Crippen MR) is 102 cm³/mol. The quantitative estimate of drug-likeness (QED) is 0.575. The van der Waals surface area contributed by atoms with E-state index in [1.54, 1.807) is 35.2 Å². The summed E-state index contributed by atoms with van der Waals surface area (Å²) in [6.07, 6.45) is 1.69. The van der Waals surface area contributed by atoms with Crippen LogP contribution in [-0.4, -0.2) is 31.4 Å². The number of benzene rings is 2. The maximum Gasteiger partial charge on any atom is 0.258 e. The SMILES string of the molecule is C=CCNCC(=O)Nc1cccc(C(=O)N(CC)c2ccccc2)c1. The fourth-order valence-electron chi connectivity index (χ4n) is 2.43. The van der Waals surface area contributed by atoms with Crippen molar-refractivity contribution in [1.29, 1.82) is 0 Å². The van der Waals surface area contributed by atoms with Crippen molar-refractivity contribution >= 4 is 23.2 Å². The van der Waals surface area contributed by atoms with E-state index in [2.05, 4.69) is 17.2 Å². The van der Waals surface area contributed by atoms with Crippen LogP contribution in [-0.2, 0) is 4.79 Å². The molecule has 0 spiro atoms. The molecule has 0 saturated carbocycles. The molecule has 0 radical (unpaired) electrons. The van der Waals surface area contributed by atoms with Crippen LogP contribution in [0.5, 0.6) is 0 Å². The Balaban J connectivity index is 2.10. The summed E-state index contributed by atoms with van der Waals surface area (Å²) in [6.45, 7) is 6.83. The molecule has 2 N–H and O–H groups in total. The van der Waals surface area contributed by atoms with E-state index in [1.807, 2.05) is 37.3 Å². The van der Waals surface area contributed by atoms with Crippen molar-refractivity contribution in [2.24, 2.45) is 0 Å². The fraction of sp³-hybridized carbons (Fsp3) is 0.200. The lowest BCUT2D eigenvalue weighted by atomic mass is 10.1. The Labute approximate surface area is 148 Å². The number of hydrogen-bond acceptors (Lipinski definition) is 3. The minimum Gasteiger partial charge on any atom is -0.325 e. The van der Waals surface area contributed by atoms with Gasteiger partial charge in [-0.25, -0.2) is 0 Å². The van der Waals surface area contributed by atoms with Crippen LogP contribution in [0.15, 0.2) is 67.3 Å². The Hall–Kier alpha value is -2.92. The van der Waals surface area contributed by atoms with Crippen molar-refractivity contribution in [1.82, 2.24) is 5.32 Å². The second-order valence-corrected chi connectivity index (χ2v) is 5.43. The molecule has 0 fully saturated rings. The van der Waals surface area contributed by atoms with Gasteiger partial charge in [0.05, 0.1) is 6.54 Å². The van der Waals surface area contributed by atoms with E-state index in [-0.39, 0.29) is 18.4 Å². The van der Waals surface area contributed by atoms with Gasteiger partial charge in [0.2, 0.25) is 5.91 Å². The molecule has 0 heterocycles. The third kappa shape index (κ3) is 5.29. The van der Waals surface area contributed by atoms with E-state index in [1.165, 1.54) is 0 Å². The van der Waals surface area contributed by atoms with Gasteiger partial charge in [0.1, 0.15) is 0 Å². The molecular formula is C20H23N3O2. The first-order chi connectivity index (χ1) is 12.2. The number of anilines is 2. The molecule has 5 nitrogen and oxygen atoms in total. The summed E-state index contributed by atoms with van der Waals surface area (Å²) in [5.41, 5.74) is 1.97. The zero-order valence-corrected chi connectivity index (χ0v) is 14.4. The third-order valence-corrected chi connectivity index (χ3v) is 3.60. The van der Waals surface area contributed by atoms with Crippen molar-refractivity contribution in [3.8, 4) is 0 Å². The number of hydrogen-bond donors (Lipinski definition) is 2. The van der Waals surface area contributed by atoms with Crippen molar-refractivity contribution in [2.45, 2.75) is 6.92 Å². The third-order valence-electron chi connectivity index (χ3n) is 3.60. The van der Waals surface area contributed by atoms with E-state index in [0.29, 0.717) is 24.3 Å². The number of carbonyl (C=O) groups is 2. The molecule has 0 aliphatic rings. The molecule has 2 rings (SSSR count). The van der Waals surface area contributed by atoms with E-state index >= 15 is 0 Å². The molecule has 0 bridgehead atoms. The summed E-state index contributed by atoms with van der Waals surface area (Å²) in [5, 5.41) is 5.72. The van der Waals surface area contributed by atoms with Crippen molar-refractivity contribution in [2.75, 3.05) is 29.9 Å². The second kappa shape index (κ2) is 9.39. The zero-order chi connectivity index (χ0) is 18.1. The van der Waals surface area contributed by atoms with E-state index in [0.717, 1.165) is 5.69 Å². The highest BCUT2D eigenvalue weighted by atomic mass is 16.2. The Kier molecular flexibility index (Phi) is 6.92. The van der Waals surface area contributed by atoms with Crippen LogP contribution >= 0.6 is 0 Å². The molecule has 0 aromatic heterocycles. The van der Waals surface area contributed by atoms with Gasteiger partial charge in [0.25, 0.3) is 5.91 Å². The Morgan fingerprint density at radius 3 is 2.56 bits per heavy atom. The van der Waals surface area contributed by atoms with Crippen LogP contribution in [0.25, 0.3) is 0 Å². The van der Waals surface area contributed by atoms with Gasteiger partial charge in [-0.2, -0.15) is 0 Å². The van der Waals surface area contributed by atoms with E-state index in [9.17, 15) is 9.59 Å². The maximum atomic E-state index is 12.8. The highest BCUT2D eigenvalue weighted by molar-refractivity contribution is 6.07. The molecule has 0 saturated heterocycles. The highest BCUT2D eigenvalue weighted by Gasteiger charge is 2.16. The number of amides is 2. The first kappa shape index (κ1) is 18.4. The summed E-state index contributed by atoms with van der Waals surface area (Å²) in [4.78, 5) is 26.4. The average Bonchev–Trinajstić information content (AvgIpc) is 2.63. The predicted octanol–water partition coefficient (Wildman–Crippen LogP) is 3.07. The Bertz CT molecular complexity index is 729. The molecule has 2 aromatic rings. The van der Waals surface area contributed by atoms with Crippen LogP contribution in [0.4, 0.5) is 11.4 Å². The lowest BCUT2D eigenvalue weighted by Crippen LogP contribution is -2.31. The summed E-state index contributed by atoms with van der Waals surface area (Å²) in [5.74, 6) is -0.267. The topological polar surface area (TPSA) is 61.4 Å². The van der Waals surface area contributed by atoms with E-state index in [4.69, 9.17) is 0 Å². The molecule has 25 heavy (non-hydrogen) atoms. The van der Waals surface area contributed by atoms with Crippen LogP contribution in [0.3, 0.4) is 0 Å². The largest absolute Gasteiger partial charge is 0.325 e. The van der Waals surface area contributed by atoms with E-state index < -0.39 is 0 Å². The molecule has 130 valence electrons. The normalized spacial score (nSPS) is 10.1. The molecule has 0 aliphatic carbocycles. The van der Waals surface area contributed by atoms with Crippen LogP contribution in [0.1, 0.15) is 17.3 Å². The standard InChI is InChI=1S/C20H23N3O2/c1-3-13-21-15-19(24)22-17-10-8-9-16(14-17)20(25)23(4-2)18-11-6-5-7-12-18/h3,5-12,14,21H,1,4,13,15H2,2H3,(H,22,24). The van der Waals surface area contributed by atoms with Crippen molar-refractivity contribution in [3.05, 3.63) is 72.8 Å². The first-order valence-corrected chi connectivity index (χ1v) is 8.24. The minimum absolute atomic E-state index is 0.102. The van der Waals surface area contributed by atoms with Crippen LogP contribution < -0.4 is 15.5 Å². The summed E-state index contributed by atoms with van der Waals surface area (Å²) in [7, 11) is 0. The molecular weight excluding hydrogens is 314 g/mol. The lowest BCUT2D eigenvalue weighted by molar-refractivity contribution is -0.115. The Morgan fingerprint density at radius 2 is 1.88 bits per heavy atom. The van der Waals surface area contributed by atoms with Gasteiger partial charge in [-0.05, 0) is 37.3 Å². The second-order valence-electron chi connectivity index (χ2n) is 5.43. The number of rotatable bonds is 8. The first-order valence-electron chi connectivity index (χ1n) is 8.24. The monoisotopic (exact) mass is 337 g/mol. The number of carbonyl (C=O) groups excluding carboxylic acids is 2. The molecule has 2 amide bonds. The average molecular weight is 337 g/mol. The number of nitrogens with zero attached hydrogens (tertiary/aromatic N) is 1. The smallest absolute Gasteiger partial charge is 0.258 e. The van der Waals surface area contributed by atoms with Gasteiger partial charge in [0.15, 0.2) is 0 Å². The summed E-state index contributed by atoms with van der Waals surface area (Å²) < 4.78 is 0. The minimum atomic E-state index is -0.165. The van der Waals surface area contributed by atoms with Gasteiger partial charge in [-0.3, -0.25) is 9.59 Å². The molecule has 5 heteroatoms. The van der Waals surface area contributed by atoms with Gasteiger partial charge < -0.3 is 15.5 Å². The highest BCUT2D eigenvalue weighted by Crippen LogP contribution is 2.18. The van der Waals surface area contributed by atoms with Crippen molar-refractivity contribution < 1.29 is 9.59 Å². The number of nitrogens with one attached hydrogen (secondary N) is 2. The zero-order valence-electron chi connectivity index (χ0n) is 14.4. The van der Waals surface area contributed by atoms with Gasteiger partial charge in [-0.1, -0.05) is 30.3 Å². The fourth-order valence-corrected chi connectivity index (χ4v) is 2.43.